The third-order valence-corrected chi connectivity index (χ3v) is 5.82. The summed E-state index contributed by atoms with van der Waals surface area (Å²) in [6, 6.07) is 11.4. The molecule has 0 aliphatic carbocycles. The van der Waals surface area contributed by atoms with Gasteiger partial charge in [-0.15, -0.1) is 0 Å². The second-order valence-corrected chi connectivity index (χ2v) is 7.99. The molecule has 0 radical (unpaired) electrons. The first-order valence-corrected chi connectivity index (χ1v) is 11.1. The van der Waals surface area contributed by atoms with E-state index in [1.807, 2.05) is 24.3 Å². The van der Waals surface area contributed by atoms with Crippen molar-refractivity contribution in [1.29, 1.82) is 0 Å². The molecule has 1 saturated heterocycles. The van der Waals surface area contributed by atoms with Crippen molar-refractivity contribution in [2.45, 2.75) is 6.54 Å². The van der Waals surface area contributed by atoms with Crippen LogP contribution in [0.5, 0.6) is 5.75 Å². The number of nitrogens with one attached hydrogen (secondary N) is 1. The molecule has 180 valence electrons. The molecule has 3 heterocycles. The molecule has 0 saturated carbocycles. The molecule has 1 aliphatic rings. The van der Waals surface area contributed by atoms with E-state index in [1.54, 1.807) is 4.52 Å². The van der Waals surface area contributed by atoms with Crippen LogP contribution in [0.25, 0.3) is 16.8 Å². The molecule has 2 aromatic carbocycles. The monoisotopic (exact) mass is 477 g/mol. The van der Waals surface area contributed by atoms with Crippen LogP contribution in [-0.2, 0) is 11.3 Å². The first-order valence-electron chi connectivity index (χ1n) is 11.1. The highest BCUT2D eigenvalue weighted by atomic mass is 19.1. The van der Waals surface area contributed by atoms with Gasteiger partial charge in [0, 0.05) is 25.2 Å². The molecule has 35 heavy (non-hydrogen) atoms. The number of halogens is 1. The number of methoxy groups -OCH3 is 1. The van der Waals surface area contributed by atoms with Crippen LogP contribution in [0.4, 0.5) is 16.2 Å². The average Bonchev–Trinajstić information content (AvgIpc) is 3.29. The van der Waals surface area contributed by atoms with Crippen molar-refractivity contribution in [2.24, 2.45) is 0 Å². The Morgan fingerprint density at radius 2 is 1.97 bits per heavy atom. The number of benzene rings is 2. The highest BCUT2D eigenvalue weighted by molar-refractivity contribution is 5.97. The van der Waals surface area contributed by atoms with Crippen molar-refractivity contribution in [3.8, 4) is 17.0 Å². The molecule has 0 bridgehead atoms. The molecule has 0 spiro atoms. The Morgan fingerprint density at radius 1 is 1.20 bits per heavy atom. The summed E-state index contributed by atoms with van der Waals surface area (Å²) in [5.74, 6) is 0.398. The van der Waals surface area contributed by atoms with E-state index in [4.69, 9.17) is 20.2 Å². The minimum atomic E-state index is -0.507. The van der Waals surface area contributed by atoms with Gasteiger partial charge in [-0.2, -0.15) is 9.61 Å². The molecule has 3 N–H and O–H groups in total. The summed E-state index contributed by atoms with van der Waals surface area (Å²) in [5.41, 5.74) is 9.34. The number of carbonyl (C=O) groups is 1. The van der Waals surface area contributed by atoms with Crippen molar-refractivity contribution in [1.82, 2.24) is 24.9 Å². The number of hydrogen-bond donors (Lipinski definition) is 2. The van der Waals surface area contributed by atoms with E-state index in [2.05, 4.69) is 20.3 Å². The number of nitrogens with two attached hydrogens (primary N) is 1. The van der Waals surface area contributed by atoms with Crippen LogP contribution >= 0.6 is 0 Å². The average molecular weight is 478 g/mol. The second-order valence-electron chi connectivity index (χ2n) is 7.99. The fourth-order valence-corrected chi connectivity index (χ4v) is 4.03. The highest BCUT2D eigenvalue weighted by Gasteiger charge is 2.22. The number of ether oxygens (including phenoxy) is 2. The molecule has 0 unspecified atom stereocenters. The molecule has 10 nitrogen and oxygen atoms in total. The van der Waals surface area contributed by atoms with Crippen LogP contribution in [0.15, 0.2) is 48.8 Å². The van der Waals surface area contributed by atoms with Gasteiger partial charge in [-0.05, 0) is 23.8 Å². The van der Waals surface area contributed by atoms with E-state index in [0.717, 1.165) is 17.2 Å². The highest BCUT2D eigenvalue weighted by Crippen LogP contribution is 2.31. The molecule has 4 aromatic rings. The Bertz CT molecular complexity index is 1370. The van der Waals surface area contributed by atoms with Gasteiger partial charge in [0.15, 0.2) is 5.82 Å². The van der Waals surface area contributed by atoms with Gasteiger partial charge in [0.1, 0.15) is 29.1 Å². The summed E-state index contributed by atoms with van der Waals surface area (Å²) in [6.45, 7) is 2.90. The molecular formula is C24H24FN7O3. The van der Waals surface area contributed by atoms with Crippen LogP contribution in [0, 0.1) is 5.82 Å². The van der Waals surface area contributed by atoms with Crippen LogP contribution in [0.1, 0.15) is 15.9 Å². The third-order valence-electron chi connectivity index (χ3n) is 5.82. The summed E-state index contributed by atoms with van der Waals surface area (Å²) in [6.07, 6.45) is 1.41. The summed E-state index contributed by atoms with van der Waals surface area (Å²) in [7, 11) is 1.44. The van der Waals surface area contributed by atoms with Crippen molar-refractivity contribution in [3.63, 3.8) is 0 Å². The van der Waals surface area contributed by atoms with Crippen LogP contribution in [-0.4, -0.2) is 58.9 Å². The van der Waals surface area contributed by atoms with Crippen LogP contribution in [0.2, 0.25) is 0 Å². The Hall–Kier alpha value is -4.25. The number of hydrogen-bond acceptors (Lipinski definition) is 8. The maximum atomic E-state index is 13.6. The van der Waals surface area contributed by atoms with Crippen molar-refractivity contribution in [2.75, 3.05) is 44.0 Å². The van der Waals surface area contributed by atoms with Gasteiger partial charge in [0.2, 0.25) is 5.95 Å². The number of rotatable bonds is 6. The summed E-state index contributed by atoms with van der Waals surface area (Å²) >= 11 is 0. The maximum absolute atomic E-state index is 13.6. The number of morpholine rings is 1. The first-order chi connectivity index (χ1) is 17.0. The van der Waals surface area contributed by atoms with Crippen molar-refractivity contribution in [3.05, 3.63) is 65.7 Å². The van der Waals surface area contributed by atoms with Gasteiger partial charge in [-0.3, -0.25) is 4.79 Å². The number of nitrogens with zero attached hydrogens (tertiary/aromatic N) is 5. The number of carbonyl (C=O) groups excluding carboxylic acids is 1. The Balaban J connectivity index is 1.38. The molecule has 1 amide bonds. The summed E-state index contributed by atoms with van der Waals surface area (Å²) in [4.78, 5) is 23.7. The molecule has 11 heteroatoms. The fourth-order valence-electron chi connectivity index (χ4n) is 4.03. The summed E-state index contributed by atoms with van der Waals surface area (Å²) < 4.78 is 25.9. The van der Waals surface area contributed by atoms with E-state index < -0.39 is 11.7 Å². The van der Waals surface area contributed by atoms with Gasteiger partial charge < -0.3 is 25.4 Å². The zero-order valence-electron chi connectivity index (χ0n) is 19.1. The zero-order chi connectivity index (χ0) is 24.4. The topological polar surface area (TPSA) is 120 Å². The Labute approximate surface area is 200 Å². The lowest BCUT2D eigenvalue weighted by Gasteiger charge is -2.26. The number of imidazole rings is 1. The molecule has 1 fully saturated rings. The van der Waals surface area contributed by atoms with Gasteiger partial charge in [0.05, 0.1) is 25.9 Å². The number of fused-ring (bicyclic) bond motifs is 1. The predicted molar refractivity (Wildman–Crippen MR) is 128 cm³/mol. The molecule has 2 aromatic heterocycles. The quantitative estimate of drug-likeness (QED) is 0.434. The zero-order valence-corrected chi connectivity index (χ0v) is 19.1. The Morgan fingerprint density at radius 3 is 2.71 bits per heavy atom. The number of anilines is 2. The maximum Gasteiger partial charge on any atom is 0.255 e. The van der Waals surface area contributed by atoms with Crippen molar-refractivity contribution >= 4 is 23.2 Å². The first kappa shape index (κ1) is 22.5. The van der Waals surface area contributed by atoms with E-state index in [0.29, 0.717) is 55.0 Å². The SMILES string of the molecule is COc1ccc(F)cc1C(=O)NCc1ccc(-c2nc(N3CCOCC3)n3ncnc(N)c23)cc1. The minimum absolute atomic E-state index is 0.139. The summed E-state index contributed by atoms with van der Waals surface area (Å²) in [5, 5.41) is 7.17. The van der Waals surface area contributed by atoms with E-state index in [-0.39, 0.29) is 12.1 Å². The molecule has 5 rings (SSSR count). The molecule has 0 atom stereocenters. The van der Waals surface area contributed by atoms with Gasteiger partial charge in [-0.25, -0.2) is 14.4 Å². The molecule has 1 aliphatic heterocycles. The van der Waals surface area contributed by atoms with Crippen LogP contribution < -0.4 is 20.7 Å². The normalized spacial score (nSPS) is 13.7. The van der Waals surface area contributed by atoms with Gasteiger partial charge >= 0.3 is 0 Å². The van der Waals surface area contributed by atoms with Gasteiger partial charge in [-0.1, -0.05) is 24.3 Å². The second kappa shape index (κ2) is 9.55. The van der Waals surface area contributed by atoms with E-state index in [1.165, 1.54) is 25.6 Å². The van der Waals surface area contributed by atoms with Crippen LogP contribution in [0.3, 0.4) is 0 Å². The number of amides is 1. The lowest BCUT2D eigenvalue weighted by atomic mass is 10.1. The smallest absolute Gasteiger partial charge is 0.255 e. The lowest BCUT2D eigenvalue weighted by molar-refractivity contribution is 0.0947. The fraction of sp³-hybridized carbons (Fsp3) is 0.250. The Kier molecular flexibility index (Phi) is 6.15. The van der Waals surface area contributed by atoms with E-state index >= 15 is 0 Å². The minimum Gasteiger partial charge on any atom is -0.496 e. The number of nitrogen functional groups attached to an aromatic ring is 1. The standard InChI is InChI=1S/C24H24FN7O3/c1-34-19-7-6-17(25)12-18(19)23(33)27-13-15-2-4-16(5-3-15)20-21-22(26)28-14-29-32(21)24(30-20)31-8-10-35-11-9-31/h2-7,12,14H,8-11,13H2,1H3,(H,27,33)(H2,26,28,29). The van der Waals surface area contributed by atoms with Crippen molar-refractivity contribution < 1.29 is 18.7 Å². The largest absolute Gasteiger partial charge is 0.496 e. The third kappa shape index (κ3) is 4.45. The lowest BCUT2D eigenvalue weighted by Crippen LogP contribution is -2.37. The number of aromatic nitrogens is 4. The van der Waals surface area contributed by atoms with Gasteiger partial charge in [0.25, 0.3) is 5.91 Å². The van der Waals surface area contributed by atoms with E-state index in [9.17, 15) is 9.18 Å². The predicted octanol–water partition coefficient (Wildman–Crippen LogP) is 2.29. The molecular weight excluding hydrogens is 453 g/mol.